The lowest BCUT2D eigenvalue weighted by molar-refractivity contribution is 0.300. The summed E-state index contributed by atoms with van der Waals surface area (Å²) in [5.41, 5.74) is 2.53. The molecule has 0 unspecified atom stereocenters. The second kappa shape index (κ2) is 7.23. The fourth-order valence-corrected chi connectivity index (χ4v) is 2.24. The van der Waals surface area contributed by atoms with Crippen LogP contribution in [0, 0.1) is 11.3 Å². The monoisotopic (exact) mass is 304 g/mol. The van der Waals surface area contributed by atoms with Crippen LogP contribution in [0.25, 0.3) is 0 Å². The highest BCUT2D eigenvalue weighted by Gasteiger charge is 2.05. The molecule has 23 heavy (non-hydrogen) atoms. The van der Waals surface area contributed by atoms with Gasteiger partial charge in [-0.25, -0.2) is 0 Å². The topological polar surface area (TPSA) is 63.7 Å². The Balaban J connectivity index is 1.56. The first-order valence-corrected chi connectivity index (χ1v) is 7.40. The quantitative estimate of drug-likeness (QED) is 0.702. The number of nitrogens with zero attached hydrogens (tertiary/aromatic N) is 4. The molecule has 5 heteroatoms. The van der Waals surface area contributed by atoms with Gasteiger partial charge >= 0.3 is 0 Å². The van der Waals surface area contributed by atoms with Crippen molar-refractivity contribution in [3.63, 3.8) is 0 Å². The van der Waals surface area contributed by atoms with Gasteiger partial charge in [-0.15, -0.1) is 5.10 Å². The smallest absolute Gasteiger partial charge is 0.137 e. The summed E-state index contributed by atoms with van der Waals surface area (Å²) in [6.45, 7) is 1.07. The third-order valence-electron chi connectivity index (χ3n) is 3.44. The Morgan fingerprint density at radius 1 is 1.04 bits per heavy atom. The van der Waals surface area contributed by atoms with Crippen molar-refractivity contribution in [3.05, 3.63) is 77.6 Å². The Morgan fingerprint density at radius 3 is 2.65 bits per heavy atom. The molecule has 0 spiro atoms. The molecule has 0 atom stereocenters. The molecule has 1 aromatic heterocycles. The molecule has 3 rings (SSSR count). The molecule has 0 amide bonds. The van der Waals surface area contributed by atoms with Crippen LogP contribution in [-0.4, -0.2) is 15.0 Å². The fraction of sp³-hybridized carbons (Fsp3) is 0.167. The summed E-state index contributed by atoms with van der Waals surface area (Å²) in [6.07, 6.45) is 2.78. The van der Waals surface area contributed by atoms with Gasteiger partial charge in [-0.3, -0.25) is 4.68 Å². The van der Waals surface area contributed by atoms with Crippen molar-refractivity contribution in [2.24, 2.45) is 0 Å². The zero-order chi connectivity index (χ0) is 15.9. The lowest BCUT2D eigenvalue weighted by atomic mass is 10.1. The third-order valence-corrected chi connectivity index (χ3v) is 3.44. The van der Waals surface area contributed by atoms with Crippen LogP contribution in [0.1, 0.15) is 16.8 Å². The zero-order valence-electron chi connectivity index (χ0n) is 12.6. The Labute approximate surface area is 134 Å². The molecule has 0 bridgehead atoms. The number of aromatic nitrogens is 3. The fourth-order valence-electron chi connectivity index (χ4n) is 2.24. The standard InChI is InChI=1S/C18H16N4O/c19-12-16-8-4-5-9-18(16)23-14-17-13-22(21-20-17)11-10-15-6-2-1-3-7-15/h1-9,13H,10-11,14H2. The van der Waals surface area contributed by atoms with Gasteiger partial charge in [-0.05, 0) is 24.1 Å². The van der Waals surface area contributed by atoms with Gasteiger partial charge in [0.1, 0.15) is 24.1 Å². The van der Waals surface area contributed by atoms with Crippen molar-refractivity contribution in [1.29, 1.82) is 5.26 Å². The van der Waals surface area contributed by atoms with E-state index in [-0.39, 0.29) is 0 Å². The maximum atomic E-state index is 9.04. The molecular formula is C18H16N4O. The number of rotatable bonds is 6. The van der Waals surface area contributed by atoms with Crippen LogP contribution in [0.2, 0.25) is 0 Å². The molecule has 2 aromatic carbocycles. The highest BCUT2D eigenvalue weighted by Crippen LogP contribution is 2.17. The number of hydrogen-bond donors (Lipinski definition) is 0. The van der Waals surface area contributed by atoms with Crippen molar-refractivity contribution in [2.75, 3.05) is 0 Å². The van der Waals surface area contributed by atoms with Crippen LogP contribution in [0.5, 0.6) is 5.75 Å². The van der Waals surface area contributed by atoms with Gasteiger partial charge in [0.25, 0.3) is 0 Å². The number of aryl methyl sites for hydroxylation is 2. The van der Waals surface area contributed by atoms with Crippen molar-refractivity contribution in [2.45, 2.75) is 19.6 Å². The van der Waals surface area contributed by atoms with E-state index in [0.717, 1.165) is 18.7 Å². The Hall–Kier alpha value is -3.13. The molecule has 0 saturated heterocycles. The van der Waals surface area contributed by atoms with Gasteiger partial charge < -0.3 is 4.74 Å². The maximum absolute atomic E-state index is 9.04. The maximum Gasteiger partial charge on any atom is 0.137 e. The highest BCUT2D eigenvalue weighted by molar-refractivity contribution is 5.42. The van der Waals surface area contributed by atoms with E-state index in [1.165, 1.54) is 5.56 Å². The molecule has 0 aliphatic rings. The second-order valence-electron chi connectivity index (χ2n) is 5.11. The van der Waals surface area contributed by atoms with Crippen LogP contribution in [0.4, 0.5) is 0 Å². The van der Waals surface area contributed by atoms with Gasteiger partial charge in [0.05, 0.1) is 11.8 Å². The molecule has 0 radical (unpaired) electrons. The van der Waals surface area contributed by atoms with Crippen molar-refractivity contribution in [3.8, 4) is 11.8 Å². The summed E-state index contributed by atoms with van der Waals surface area (Å²) < 4.78 is 7.46. The summed E-state index contributed by atoms with van der Waals surface area (Å²) in [7, 11) is 0. The lowest BCUT2D eigenvalue weighted by Crippen LogP contribution is -2.02. The predicted octanol–water partition coefficient (Wildman–Crippen LogP) is 2.97. The first-order valence-electron chi connectivity index (χ1n) is 7.40. The SMILES string of the molecule is N#Cc1ccccc1OCc1cn(CCc2ccccc2)nn1. The number of hydrogen-bond acceptors (Lipinski definition) is 4. The van der Waals surface area contributed by atoms with E-state index in [1.54, 1.807) is 12.1 Å². The molecule has 0 aliphatic carbocycles. The number of nitriles is 1. The Bertz CT molecular complexity index is 805. The van der Waals surface area contributed by atoms with E-state index >= 15 is 0 Å². The molecule has 114 valence electrons. The molecule has 5 nitrogen and oxygen atoms in total. The van der Waals surface area contributed by atoms with Crippen molar-refractivity contribution >= 4 is 0 Å². The first-order chi connectivity index (χ1) is 11.3. The largest absolute Gasteiger partial charge is 0.486 e. The molecule has 0 saturated carbocycles. The van der Waals surface area contributed by atoms with Crippen molar-refractivity contribution < 1.29 is 4.74 Å². The van der Waals surface area contributed by atoms with E-state index in [4.69, 9.17) is 10.00 Å². The van der Waals surface area contributed by atoms with E-state index in [1.807, 2.05) is 41.2 Å². The van der Waals surface area contributed by atoms with Crippen LogP contribution in [-0.2, 0) is 19.6 Å². The lowest BCUT2D eigenvalue weighted by Gasteiger charge is -2.05. The van der Waals surface area contributed by atoms with Crippen LogP contribution < -0.4 is 4.74 Å². The van der Waals surface area contributed by atoms with E-state index in [0.29, 0.717) is 17.9 Å². The molecule has 0 fully saturated rings. The van der Waals surface area contributed by atoms with Gasteiger partial charge in [0.15, 0.2) is 0 Å². The minimum Gasteiger partial charge on any atom is -0.486 e. The average molecular weight is 304 g/mol. The van der Waals surface area contributed by atoms with E-state index in [9.17, 15) is 0 Å². The summed E-state index contributed by atoms with van der Waals surface area (Å²) in [4.78, 5) is 0. The summed E-state index contributed by atoms with van der Waals surface area (Å²) in [5.74, 6) is 0.564. The predicted molar refractivity (Wildman–Crippen MR) is 85.7 cm³/mol. The molecule has 0 N–H and O–H groups in total. The third kappa shape index (κ3) is 3.95. The molecule has 0 aliphatic heterocycles. The summed E-state index contributed by atoms with van der Waals surface area (Å²) >= 11 is 0. The first kappa shape index (κ1) is 14.8. The van der Waals surface area contributed by atoms with E-state index < -0.39 is 0 Å². The number of benzene rings is 2. The minimum atomic E-state index is 0.296. The van der Waals surface area contributed by atoms with Crippen LogP contribution in [0.15, 0.2) is 60.8 Å². The molecule has 3 aromatic rings. The normalized spacial score (nSPS) is 10.2. The van der Waals surface area contributed by atoms with E-state index in [2.05, 4.69) is 28.5 Å². The number of ether oxygens (including phenoxy) is 1. The highest BCUT2D eigenvalue weighted by atomic mass is 16.5. The minimum absolute atomic E-state index is 0.296. The molecule has 1 heterocycles. The summed E-state index contributed by atoms with van der Waals surface area (Å²) in [5, 5.41) is 17.2. The Kier molecular flexibility index (Phi) is 4.65. The Morgan fingerprint density at radius 2 is 1.83 bits per heavy atom. The second-order valence-corrected chi connectivity index (χ2v) is 5.11. The number of para-hydroxylation sites is 1. The van der Waals surface area contributed by atoms with Gasteiger partial charge in [0, 0.05) is 6.54 Å². The van der Waals surface area contributed by atoms with Crippen molar-refractivity contribution in [1.82, 2.24) is 15.0 Å². The summed E-state index contributed by atoms with van der Waals surface area (Å²) in [6, 6.07) is 19.5. The molecular weight excluding hydrogens is 288 g/mol. The zero-order valence-corrected chi connectivity index (χ0v) is 12.6. The van der Waals surface area contributed by atoms with Gasteiger partial charge in [0.2, 0.25) is 0 Å². The van der Waals surface area contributed by atoms with Crippen LogP contribution in [0.3, 0.4) is 0 Å². The van der Waals surface area contributed by atoms with Gasteiger partial charge in [-0.2, -0.15) is 5.26 Å². The van der Waals surface area contributed by atoms with Crippen LogP contribution >= 0.6 is 0 Å². The van der Waals surface area contributed by atoms with Gasteiger partial charge in [-0.1, -0.05) is 47.7 Å². The average Bonchev–Trinajstić information content (AvgIpc) is 3.07.